The van der Waals surface area contributed by atoms with E-state index in [2.05, 4.69) is 6.92 Å². The number of likely N-dealkylation sites (tertiary alicyclic amines) is 1. The first-order chi connectivity index (χ1) is 9.14. The Morgan fingerprint density at radius 2 is 2.42 bits per heavy atom. The van der Waals surface area contributed by atoms with Crippen LogP contribution in [0.3, 0.4) is 0 Å². The van der Waals surface area contributed by atoms with Gasteiger partial charge in [-0.1, -0.05) is 24.9 Å². The fourth-order valence-electron chi connectivity index (χ4n) is 3.04. The summed E-state index contributed by atoms with van der Waals surface area (Å²) in [6.45, 7) is 3.56. The number of rotatable bonds is 5. The molecule has 1 aliphatic rings. The van der Waals surface area contributed by atoms with Gasteiger partial charge in [0.25, 0.3) is 5.91 Å². The zero-order chi connectivity index (χ0) is 13.9. The lowest BCUT2D eigenvalue weighted by Crippen LogP contribution is -2.50. The molecule has 1 fully saturated rings. The van der Waals surface area contributed by atoms with Crippen LogP contribution in [0.4, 0.5) is 0 Å². The van der Waals surface area contributed by atoms with Crippen LogP contribution in [-0.2, 0) is 4.74 Å². The predicted octanol–water partition coefficient (Wildman–Crippen LogP) is 3.82. The fraction of sp³-hybridized carbons (Fsp3) is 0.643. The summed E-state index contributed by atoms with van der Waals surface area (Å²) in [6, 6.07) is 1.79. The van der Waals surface area contributed by atoms with Crippen molar-refractivity contribution in [3.8, 4) is 0 Å². The van der Waals surface area contributed by atoms with E-state index in [0.29, 0.717) is 16.5 Å². The summed E-state index contributed by atoms with van der Waals surface area (Å²) in [7, 11) is 1.70. The van der Waals surface area contributed by atoms with Gasteiger partial charge in [-0.25, -0.2) is 0 Å². The molecule has 106 valence electrons. The van der Waals surface area contributed by atoms with Crippen molar-refractivity contribution in [2.75, 3.05) is 20.3 Å². The molecule has 19 heavy (non-hydrogen) atoms. The van der Waals surface area contributed by atoms with Gasteiger partial charge in [0.05, 0.1) is 17.2 Å². The Hall–Kier alpha value is -0.580. The summed E-state index contributed by atoms with van der Waals surface area (Å²) in [5, 5.41) is 2.42. The van der Waals surface area contributed by atoms with Crippen molar-refractivity contribution in [3.63, 3.8) is 0 Å². The van der Waals surface area contributed by atoms with E-state index in [9.17, 15) is 4.79 Å². The smallest absolute Gasteiger partial charge is 0.265 e. The molecule has 0 radical (unpaired) electrons. The number of thiophene rings is 1. The zero-order valence-electron chi connectivity index (χ0n) is 11.4. The van der Waals surface area contributed by atoms with Crippen LogP contribution in [0.5, 0.6) is 0 Å². The van der Waals surface area contributed by atoms with E-state index < -0.39 is 0 Å². The number of nitrogens with zero attached hydrogens (tertiary/aromatic N) is 1. The average molecular weight is 302 g/mol. The second-order valence-corrected chi connectivity index (χ2v) is 6.39. The Bertz CT molecular complexity index is 440. The molecule has 1 amide bonds. The average Bonchev–Trinajstić information content (AvgIpc) is 2.96. The first-order valence-electron chi connectivity index (χ1n) is 6.68. The maximum absolute atomic E-state index is 12.7. The van der Waals surface area contributed by atoms with E-state index in [1.165, 1.54) is 11.3 Å². The molecular formula is C14H20ClNO2S. The Balaban J connectivity index is 2.26. The van der Waals surface area contributed by atoms with Gasteiger partial charge in [-0.05, 0) is 30.7 Å². The highest BCUT2D eigenvalue weighted by molar-refractivity contribution is 7.12. The number of hydrogen-bond donors (Lipinski definition) is 0. The molecule has 1 aromatic rings. The Morgan fingerprint density at radius 1 is 1.63 bits per heavy atom. The van der Waals surface area contributed by atoms with E-state index in [1.54, 1.807) is 13.2 Å². The number of carbonyl (C=O) groups excluding carboxylic acids is 1. The van der Waals surface area contributed by atoms with Crippen LogP contribution < -0.4 is 0 Å². The minimum absolute atomic E-state index is 0.0583. The minimum Gasteiger partial charge on any atom is -0.382 e. The number of carbonyl (C=O) groups is 1. The Morgan fingerprint density at radius 3 is 3.00 bits per heavy atom. The quantitative estimate of drug-likeness (QED) is 0.827. The van der Waals surface area contributed by atoms with Gasteiger partial charge < -0.3 is 9.64 Å². The van der Waals surface area contributed by atoms with Crippen LogP contribution in [0.15, 0.2) is 11.4 Å². The van der Waals surface area contributed by atoms with Crippen molar-refractivity contribution in [2.45, 2.75) is 38.1 Å². The predicted molar refractivity (Wildman–Crippen MR) is 79.1 cm³/mol. The molecule has 0 spiro atoms. The maximum Gasteiger partial charge on any atom is 0.265 e. The molecule has 2 rings (SSSR count). The monoisotopic (exact) mass is 301 g/mol. The summed E-state index contributed by atoms with van der Waals surface area (Å²) in [5.74, 6) is 0.0583. The van der Waals surface area contributed by atoms with Gasteiger partial charge in [0, 0.05) is 13.7 Å². The Kier molecular flexibility index (Phi) is 4.87. The number of hydrogen-bond acceptors (Lipinski definition) is 3. The summed E-state index contributed by atoms with van der Waals surface area (Å²) >= 11 is 7.51. The molecule has 0 bridgehead atoms. The lowest BCUT2D eigenvalue weighted by atomic mass is 9.91. The van der Waals surface area contributed by atoms with Crippen molar-refractivity contribution >= 4 is 28.8 Å². The van der Waals surface area contributed by atoms with Crippen molar-refractivity contribution < 1.29 is 9.53 Å². The van der Waals surface area contributed by atoms with Crippen LogP contribution in [0.2, 0.25) is 5.02 Å². The standard InChI is InChI=1S/C14H20ClNO2S/c1-3-6-14(10-18-2)7-4-8-16(14)13(17)12-11(15)5-9-19-12/h5,9H,3-4,6-8,10H2,1-2H3. The fourth-order valence-corrected chi connectivity index (χ4v) is 4.12. The van der Waals surface area contributed by atoms with Gasteiger partial charge in [0.15, 0.2) is 0 Å². The van der Waals surface area contributed by atoms with E-state index in [1.807, 2.05) is 10.3 Å². The topological polar surface area (TPSA) is 29.5 Å². The van der Waals surface area contributed by atoms with Gasteiger partial charge in [0.2, 0.25) is 0 Å². The summed E-state index contributed by atoms with van der Waals surface area (Å²) < 4.78 is 5.39. The molecule has 1 unspecified atom stereocenters. The zero-order valence-corrected chi connectivity index (χ0v) is 13.0. The minimum atomic E-state index is -0.145. The molecule has 1 aliphatic heterocycles. The number of methoxy groups -OCH3 is 1. The summed E-state index contributed by atoms with van der Waals surface area (Å²) in [6.07, 6.45) is 4.09. The third kappa shape index (κ3) is 2.81. The lowest BCUT2D eigenvalue weighted by molar-refractivity contribution is 0.0258. The SMILES string of the molecule is CCCC1(COC)CCCN1C(=O)c1sccc1Cl. The van der Waals surface area contributed by atoms with E-state index in [-0.39, 0.29) is 11.4 Å². The molecule has 5 heteroatoms. The normalized spacial score (nSPS) is 23.0. The highest BCUT2D eigenvalue weighted by Gasteiger charge is 2.43. The van der Waals surface area contributed by atoms with Gasteiger partial charge >= 0.3 is 0 Å². The van der Waals surface area contributed by atoms with Crippen molar-refractivity contribution in [3.05, 3.63) is 21.3 Å². The molecular weight excluding hydrogens is 282 g/mol. The van der Waals surface area contributed by atoms with Crippen LogP contribution in [0.25, 0.3) is 0 Å². The second kappa shape index (κ2) is 6.25. The molecule has 1 aromatic heterocycles. The third-order valence-electron chi connectivity index (χ3n) is 3.78. The van der Waals surface area contributed by atoms with Crippen LogP contribution in [0, 0.1) is 0 Å². The molecule has 0 aliphatic carbocycles. The van der Waals surface area contributed by atoms with Crippen LogP contribution >= 0.6 is 22.9 Å². The first-order valence-corrected chi connectivity index (χ1v) is 7.94. The van der Waals surface area contributed by atoms with Crippen molar-refractivity contribution in [1.29, 1.82) is 0 Å². The van der Waals surface area contributed by atoms with Gasteiger partial charge in [-0.3, -0.25) is 4.79 Å². The van der Waals surface area contributed by atoms with E-state index in [0.717, 1.165) is 32.2 Å². The first kappa shape index (κ1) is 14.8. The van der Waals surface area contributed by atoms with E-state index in [4.69, 9.17) is 16.3 Å². The molecule has 0 aromatic carbocycles. The molecule has 1 saturated heterocycles. The number of ether oxygens (including phenoxy) is 1. The van der Waals surface area contributed by atoms with Gasteiger partial charge in [0.1, 0.15) is 4.88 Å². The Labute approximate surface area is 123 Å². The summed E-state index contributed by atoms with van der Waals surface area (Å²) in [5.41, 5.74) is -0.145. The largest absolute Gasteiger partial charge is 0.382 e. The highest BCUT2D eigenvalue weighted by Crippen LogP contribution is 2.37. The highest BCUT2D eigenvalue weighted by atomic mass is 35.5. The van der Waals surface area contributed by atoms with Crippen LogP contribution in [-0.4, -0.2) is 36.6 Å². The molecule has 1 atom stereocenters. The number of halogens is 1. The molecule has 2 heterocycles. The van der Waals surface area contributed by atoms with Crippen LogP contribution in [0.1, 0.15) is 42.3 Å². The van der Waals surface area contributed by atoms with E-state index >= 15 is 0 Å². The third-order valence-corrected chi connectivity index (χ3v) is 5.11. The molecule has 3 nitrogen and oxygen atoms in total. The number of amides is 1. The summed E-state index contributed by atoms with van der Waals surface area (Å²) in [4.78, 5) is 15.3. The van der Waals surface area contributed by atoms with Gasteiger partial charge in [-0.2, -0.15) is 0 Å². The maximum atomic E-state index is 12.7. The van der Waals surface area contributed by atoms with Crippen molar-refractivity contribution in [1.82, 2.24) is 4.90 Å². The lowest BCUT2D eigenvalue weighted by Gasteiger charge is -2.38. The molecule has 0 saturated carbocycles. The van der Waals surface area contributed by atoms with Crippen molar-refractivity contribution in [2.24, 2.45) is 0 Å². The van der Waals surface area contributed by atoms with Gasteiger partial charge in [-0.15, -0.1) is 11.3 Å². The molecule has 0 N–H and O–H groups in total. The second-order valence-electron chi connectivity index (χ2n) is 5.07.